The van der Waals surface area contributed by atoms with Crippen molar-refractivity contribution >= 4 is 0 Å². The molecule has 5 nitrogen and oxygen atoms in total. The SMILES string of the molecule is COc1ccc(C(C)(C)c2ccc(OCc3cc(C)cc(=O)n3O)cc2)cc1. The summed E-state index contributed by atoms with van der Waals surface area (Å²) in [6.45, 7) is 6.25. The normalized spacial score (nSPS) is 11.3. The predicted octanol–water partition coefficient (Wildman–Crippen LogP) is 4.31. The maximum atomic E-state index is 11.7. The minimum Gasteiger partial charge on any atom is -0.497 e. The molecule has 0 aliphatic heterocycles. The summed E-state index contributed by atoms with van der Waals surface area (Å²) >= 11 is 0. The first kappa shape index (κ1) is 19.5. The molecule has 28 heavy (non-hydrogen) atoms. The van der Waals surface area contributed by atoms with Gasteiger partial charge in [-0.3, -0.25) is 4.79 Å². The third-order valence-electron chi connectivity index (χ3n) is 5.00. The van der Waals surface area contributed by atoms with Crippen LogP contribution in [0.15, 0.2) is 65.5 Å². The van der Waals surface area contributed by atoms with E-state index in [1.807, 2.05) is 36.4 Å². The lowest BCUT2D eigenvalue weighted by molar-refractivity contribution is 0.147. The smallest absolute Gasteiger partial charge is 0.283 e. The summed E-state index contributed by atoms with van der Waals surface area (Å²) in [7, 11) is 1.66. The molecule has 3 rings (SSSR count). The van der Waals surface area contributed by atoms with Crippen molar-refractivity contribution in [3.63, 3.8) is 0 Å². The van der Waals surface area contributed by atoms with Crippen molar-refractivity contribution in [1.29, 1.82) is 0 Å². The lowest BCUT2D eigenvalue weighted by Gasteiger charge is -2.26. The molecule has 1 N–H and O–H groups in total. The maximum Gasteiger partial charge on any atom is 0.283 e. The Morgan fingerprint density at radius 1 is 0.929 bits per heavy atom. The third-order valence-corrected chi connectivity index (χ3v) is 5.00. The van der Waals surface area contributed by atoms with Crippen molar-refractivity contribution in [3.8, 4) is 11.5 Å². The van der Waals surface area contributed by atoms with Crippen molar-refractivity contribution in [2.75, 3.05) is 7.11 Å². The van der Waals surface area contributed by atoms with Crippen LogP contribution in [0.25, 0.3) is 0 Å². The van der Waals surface area contributed by atoms with Crippen LogP contribution in [-0.2, 0) is 12.0 Å². The first-order valence-corrected chi connectivity index (χ1v) is 9.11. The summed E-state index contributed by atoms with van der Waals surface area (Å²) in [5, 5.41) is 9.83. The van der Waals surface area contributed by atoms with Crippen LogP contribution in [0.4, 0.5) is 0 Å². The fourth-order valence-electron chi connectivity index (χ4n) is 3.17. The van der Waals surface area contributed by atoms with Crippen molar-refractivity contribution < 1.29 is 14.7 Å². The molecule has 0 radical (unpaired) electrons. The second-order valence-electron chi connectivity index (χ2n) is 7.34. The first-order valence-electron chi connectivity index (χ1n) is 9.11. The van der Waals surface area contributed by atoms with Crippen LogP contribution < -0.4 is 15.0 Å². The number of benzene rings is 2. The quantitative estimate of drug-likeness (QED) is 0.649. The molecule has 3 aromatic rings. The predicted molar refractivity (Wildman–Crippen MR) is 109 cm³/mol. The minimum absolute atomic E-state index is 0.106. The molecular weight excluding hydrogens is 354 g/mol. The van der Waals surface area contributed by atoms with Gasteiger partial charge in [-0.1, -0.05) is 38.1 Å². The van der Waals surface area contributed by atoms with E-state index >= 15 is 0 Å². The highest BCUT2D eigenvalue weighted by Crippen LogP contribution is 2.33. The molecule has 0 aliphatic carbocycles. The molecule has 5 heteroatoms. The fraction of sp³-hybridized carbons (Fsp3) is 0.261. The van der Waals surface area contributed by atoms with Gasteiger partial charge in [0.25, 0.3) is 5.56 Å². The third kappa shape index (κ3) is 4.03. The fourth-order valence-corrected chi connectivity index (χ4v) is 3.17. The molecule has 0 saturated carbocycles. The Hall–Kier alpha value is -3.21. The second-order valence-corrected chi connectivity index (χ2v) is 7.34. The van der Waals surface area contributed by atoms with Gasteiger partial charge in [-0.05, 0) is 53.9 Å². The van der Waals surface area contributed by atoms with Gasteiger partial charge < -0.3 is 14.7 Å². The number of pyridine rings is 1. The van der Waals surface area contributed by atoms with E-state index in [-0.39, 0.29) is 12.0 Å². The standard InChI is InChI=1S/C23H25NO4/c1-16-13-19(24(26)22(25)14-16)15-28-21-11-7-18(8-12-21)23(2,3)17-5-9-20(27-4)10-6-17/h5-14,26H,15H2,1-4H3. The summed E-state index contributed by atoms with van der Waals surface area (Å²) in [4.78, 5) is 11.7. The molecule has 0 amide bonds. The van der Waals surface area contributed by atoms with Crippen LogP contribution in [0.1, 0.15) is 36.2 Å². The zero-order valence-electron chi connectivity index (χ0n) is 16.6. The monoisotopic (exact) mass is 379 g/mol. The van der Waals surface area contributed by atoms with Crippen molar-refractivity contribution in [2.24, 2.45) is 0 Å². The van der Waals surface area contributed by atoms with Crippen molar-refractivity contribution in [2.45, 2.75) is 32.8 Å². The van der Waals surface area contributed by atoms with Gasteiger partial charge in [0.15, 0.2) is 0 Å². The van der Waals surface area contributed by atoms with E-state index in [1.165, 1.54) is 11.6 Å². The summed E-state index contributed by atoms with van der Waals surface area (Å²) in [5.74, 6) is 1.50. The average molecular weight is 379 g/mol. The Morgan fingerprint density at radius 2 is 1.46 bits per heavy atom. The van der Waals surface area contributed by atoms with Crippen LogP contribution in [0, 0.1) is 6.92 Å². The van der Waals surface area contributed by atoms with E-state index in [9.17, 15) is 10.0 Å². The number of hydrogen-bond acceptors (Lipinski definition) is 4. The molecule has 1 aromatic heterocycles. The van der Waals surface area contributed by atoms with E-state index in [4.69, 9.17) is 9.47 Å². The molecule has 0 aliphatic rings. The molecule has 0 fully saturated rings. The summed E-state index contributed by atoms with van der Waals surface area (Å²) in [5.41, 5.74) is 2.89. The van der Waals surface area contributed by atoms with Gasteiger partial charge in [-0.25, -0.2) is 0 Å². The minimum atomic E-state index is -0.463. The molecular formula is C23H25NO4. The summed E-state index contributed by atoms with van der Waals surface area (Å²) < 4.78 is 11.6. The van der Waals surface area contributed by atoms with E-state index in [0.717, 1.165) is 16.9 Å². The largest absolute Gasteiger partial charge is 0.497 e. The lowest BCUT2D eigenvalue weighted by Crippen LogP contribution is -2.22. The van der Waals surface area contributed by atoms with E-state index in [1.54, 1.807) is 20.1 Å². The molecule has 2 aromatic carbocycles. The Labute approximate surface area is 164 Å². The van der Waals surface area contributed by atoms with Gasteiger partial charge in [0.1, 0.15) is 18.1 Å². The van der Waals surface area contributed by atoms with Crippen LogP contribution in [0.2, 0.25) is 0 Å². The number of methoxy groups -OCH3 is 1. The number of rotatable bonds is 6. The number of aromatic nitrogens is 1. The topological polar surface area (TPSA) is 60.7 Å². The summed E-state index contributed by atoms with van der Waals surface area (Å²) in [6.07, 6.45) is 0. The number of aryl methyl sites for hydroxylation is 1. The van der Waals surface area contributed by atoms with E-state index in [2.05, 4.69) is 26.0 Å². The molecule has 146 valence electrons. The van der Waals surface area contributed by atoms with E-state index < -0.39 is 5.56 Å². The van der Waals surface area contributed by atoms with Crippen molar-refractivity contribution in [1.82, 2.24) is 4.73 Å². The molecule has 0 spiro atoms. The van der Waals surface area contributed by atoms with Gasteiger partial charge >= 0.3 is 0 Å². The van der Waals surface area contributed by atoms with Crippen LogP contribution in [0.5, 0.6) is 11.5 Å². The second kappa shape index (κ2) is 7.80. The Bertz CT molecular complexity index is 1000. The number of ether oxygens (including phenoxy) is 2. The van der Waals surface area contributed by atoms with E-state index in [0.29, 0.717) is 16.2 Å². The van der Waals surface area contributed by atoms with Crippen LogP contribution in [-0.4, -0.2) is 17.0 Å². The average Bonchev–Trinajstić information content (AvgIpc) is 2.70. The molecule has 0 unspecified atom stereocenters. The Balaban J connectivity index is 1.75. The lowest BCUT2D eigenvalue weighted by atomic mass is 9.78. The highest BCUT2D eigenvalue weighted by atomic mass is 16.5. The molecule has 1 heterocycles. The molecule has 0 bridgehead atoms. The van der Waals surface area contributed by atoms with Crippen LogP contribution >= 0.6 is 0 Å². The number of hydrogen-bond donors (Lipinski definition) is 1. The van der Waals surface area contributed by atoms with Crippen LogP contribution in [0.3, 0.4) is 0 Å². The maximum absolute atomic E-state index is 11.7. The Morgan fingerprint density at radius 3 is 2.00 bits per heavy atom. The molecule has 0 saturated heterocycles. The zero-order chi connectivity index (χ0) is 20.3. The van der Waals surface area contributed by atoms with Gasteiger partial charge in [0, 0.05) is 11.5 Å². The summed E-state index contributed by atoms with van der Waals surface area (Å²) in [6, 6.07) is 19.0. The van der Waals surface area contributed by atoms with Gasteiger partial charge in [-0.15, -0.1) is 4.73 Å². The van der Waals surface area contributed by atoms with Gasteiger partial charge in [0.2, 0.25) is 0 Å². The highest BCUT2D eigenvalue weighted by Gasteiger charge is 2.23. The van der Waals surface area contributed by atoms with Crippen molar-refractivity contribution in [3.05, 3.63) is 93.4 Å². The molecule has 0 atom stereocenters. The zero-order valence-corrected chi connectivity index (χ0v) is 16.6. The van der Waals surface area contributed by atoms with Gasteiger partial charge in [-0.2, -0.15) is 0 Å². The highest BCUT2D eigenvalue weighted by molar-refractivity contribution is 5.41. The van der Waals surface area contributed by atoms with Gasteiger partial charge in [0.05, 0.1) is 12.8 Å². The Kier molecular flexibility index (Phi) is 5.45. The number of nitrogens with zero attached hydrogens (tertiary/aromatic N) is 1. The first-order chi connectivity index (χ1) is 13.3.